The summed E-state index contributed by atoms with van der Waals surface area (Å²) in [7, 11) is 0. The first-order valence-electron chi connectivity index (χ1n) is 6.45. The van der Waals surface area contributed by atoms with E-state index in [0.717, 1.165) is 45.1 Å². The summed E-state index contributed by atoms with van der Waals surface area (Å²) < 4.78 is 0. The molecule has 2 aliphatic carbocycles. The van der Waals surface area contributed by atoms with E-state index in [-0.39, 0.29) is 11.8 Å². The zero-order valence-corrected chi connectivity index (χ0v) is 9.82. The van der Waals surface area contributed by atoms with E-state index in [0.29, 0.717) is 12.0 Å². The van der Waals surface area contributed by atoms with Crippen LogP contribution in [0.4, 0.5) is 0 Å². The van der Waals surface area contributed by atoms with Crippen LogP contribution < -0.4 is 11.1 Å². The summed E-state index contributed by atoms with van der Waals surface area (Å²) in [6, 6.07) is 0.361. The van der Waals surface area contributed by atoms with Gasteiger partial charge in [0.25, 0.3) is 0 Å². The summed E-state index contributed by atoms with van der Waals surface area (Å²) in [5.41, 5.74) is 5.65. The van der Waals surface area contributed by atoms with E-state index in [1.165, 1.54) is 0 Å². The van der Waals surface area contributed by atoms with Crippen molar-refractivity contribution in [3.63, 3.8) is 0 Å². The molecule has 0 aromatic heterocycles. The topological polar surface area (TPSA) is 55.1 Å². The van der Waals surface area contributed by atoms with Crippen LogP contribution in [0.15, 0.2) is 12.2 Å². The molecule has 0 unspecified atom stereocenters. The molecule has 90 valence electrons. The molecule has 0 saturated heterocycles. The lowest BCUT2D eigenvalue weighted by Gasteiger charge is -2.27. The van der Waals surface area contributed by atoms with E-state index in [9.17, 15) is 4.79 Å². The van der Waals surface area contributed by atoms with Gasteiger partial charge in [-0.1, -0.05) is 12.2 Å². The molecular weight excluding hydrogens is 200 g/mol. The summed E-state index contributed by atoms with van der Waals surface area (Å²) in [6.45, 7) is 0.779. The number of nitrogens with one attached hydrogen (secondary N) is 1. The molecule has 0 aromatic rings. The quantitative estimate of drug-likeness (QED) is 0.712. The van der Waals surface area contributed by atoms with Gasteiger partial charge in [-0.2, -0.15) is 0 Å². The lowest BCUT2D eigenvalue weighted by molar-refractivity contribution is -0.126. The Labute approximate surface area is 97.5 Å². The van der Waals surface area contributed by atoms with Gasteiger partial charge in [0.2, 0.25) is 5.91 Å². The molecule has 3 heteroatoms. The van der Waals surface area contributed by atoms with Crippen LogP contribution in [0.1, 0.15) is 38.5 Å². The highest BCUT2D eigenvalue weighted by Gasteiger charge is 2.26. The highest BCUT2D eigenvalue weighted by molar-refractivity contribution is 5.79. The fraction of sp³-hybridized carbons (Fsp3) is 0.769. The Kier molecular flexibility index (Phi) is 3.99. The number of carbonyl (C=O) groups excluding carboxylic acids is 1. The SMILES string of the molecule is NCC1CCC(C(=O)NC2CC=CC2)CC1. The summed E-state index contributed by atoms with van der Waals surface area (Å²) in [5, 5.41) is 3.15. The molecule has 0 heterocycles. The van der Waals surface area contributed by atoms with Crippen molar-refractivity contribution in [3.8, 4) is 0 Å². The fourth-order valence-electron chi connectivity index (χ4n) is 2.71. The lowest BCUT2D eigenvalue weighted by atomic mass is 9.81. The van der Waals surface area contributed by atoms with Gasteiger partial charge in [0, 0.05) is 12.0 Å². The van der Waals surface area contributed by atoms with E-state index in [2.05, 4.69) is 17.5 Å². The van der Waals surface area contributed by atoms with Crippen LogP contribution in [-0.2, 0) is 4.79 Å². The van der Waals surface area contributed by atoms with Crippen molar-refractivity contribution in [2.24, 2.45) is 17.6 Å². The Morgan fingerprint density at radius 1 is 1.19 bits per heavy atom. The summed E-state index contributed by atoms with van der Waals surface area (Å²) >= 11 is 0. The second-order valence-corrected chi connectivity index (χ2v) is 5.10. The first-order chi connectivity index (χ1) is 7.79. The minimum absolute atomic E-state index is 0.239. The van der Waals surface area contributed by atoms with Gasteiger partial charge in [-0.3, -0.25) is 4.79 Å². The van der Waals surface area contributed by atoms with Crippen molar-refractivity contribution < 1.29 is 4.79 Å². The fourth-order valence-corrected chi connectivity index (χ4v) is 2.71. The van der Waals surface area contributed by atoms with Gasteiger partial charge in [-0.25, -0.2) is 0 Å². The maximum absolute atomic E-state index is 12.0. The molecule has 3 nitrogen and oxygen atoms in total. The van der Waals surface area contributed by atoms with Gasteiger partial charge >= 0.3 is 0 Å². The lowest BCUT2D eigenvalue weighted by Crippen LogP contribution is -2.39. The molecule has 2 aliphatic rings. The second kappa shape index (κ2) is 5.48. The molecule has 0 aromatic carbocycles. The summed E-state index contributed by atoms with van der Waals surface area (Å²) in [4.78, 5) is 12.0. The molecule has 16 heavy (non-hydrogen) atoms. The monoisotopic (exact) mass is 222 g/mol. The predicted molar refractivity (Wildman–Crippen MR) is 64.8 cm³/mol. The molecule has 0 atom stereocenters. The van der Waals surface area contributed by atoms with Gasteiger partial charge < -0.3 is 11.1 Å². The van der Waals surface area contributed by atoms with Crippen LogP contribution in [0.5, 0.6) is 0 Å². The standard InChI is InChI=1S/C13H22N2O/c14-9-10-5-7-11(8-6-10)13(16)15-12-3-1-2-4-12/h1-2,10-12H,3-9,14H2,(H,15,16). The maximum Gasteiger partial charge on any atom is 0.223 e. The minimum atomic E-state index is 0.239. The Balaban J connectivity index is 1.73. The molecule has 3 N–H and O–H groups in total. The number of rotatable bonds is 3. The van der Waals surface area contributed by atoms with Crippen molar-refractivity contribution >= 4 is 5.91 Å². The maximum atomic E-state index is 12.0. The van der Waals surface area contributed by atoms with Crippen molar-refractivity contribution in [2.75, 3.05) is 6.54 Å². The van der Waals surface area contributed by atoms with Gasteiger partial charge in [0.15, 0.2) is 0 Å². The summed E-state index contributed by atoms with van der Waals surface area (Å²) in [6.07, 6.45) is 10.6. The van der Waals surface area contributed by atoms with Crippen LogP contribution in [0.2, 0.25) is 0 Å². The highest BCUT2D eigenvalue weighted by atomic mass is 16.1. The number of nitrogens with two attached hydrogens (primary N) is 1. The normalized spacial score (nSPS) is 30.6. The van der Waals surface area contributed by atoms with E-state index < -0.39 is 0 Å². The molecule has 0 aliphatic heterocycles. The summed E-state index contributed by atoms with van der Waals surface area (Å²) in [5.74, 6) is 1.16. The number of hydrogen-bond donors (Lipinski definition) is 2. The Bertz CT molecular complexity index is 259. The predicted octanol–water partition coefficient (Wildman–Crippen LogP) is 1.59. The Morgan fingerprint density at radius 3 is 2.38 bits per heavy atom. The molecule has 0 bridgehead atoms. The molecule has 0 spiro atoms. The molecule has 1 amide bonds. The largest absolute Gasteiger partial charge is 0.353 e. The smallest absolute Gasteiger partial charge is 0.223 e. The number of carbonyl (C=O) groups is 1. The van der Waals surface area contributed by atoms with Crippen molar-refractivity contribution in [1.82, 2.24) is 5.32 Å². The van der Waals surface area contributed by atoms with Crippen LogP contribution in [0.3, 0.4) is 0 Å². The minimum Gasteiger partial charge on any atom is -0.353 e. The third kappa shape index (κ3) is 2.85. The van der Waals surface area contributed by atoms with E-state index in [4.69, 9.17) is 5.73 Å². The zero-order chi connectivity index (χ0) is 11.4. The second-order valence-electron chi connectivity index (χ2n) is 5.10. The van der Waals surface area contributed by atoms with Crippen molar-refractivity contribution in [3.05, 3.63) is 12.2 Å². The average molecular weight is 222 g/mol. The van der Waals surface area contributed by atoms with E-state index >= 15 is 0 Å². The zero-order valence-electron chi connectivity index (χ0n) is 9.82. The molecule has 2 rings (SSSR count). The molecule has 0 radical (unpaired) electrons. The van der Waals surface area contributed by atoms with E-state index in [1.54, 1.807) is 0 Å². The van der Waals surface area contributed by atoms with Crippen LogP contribution in [-0.4, -0.2) is 18.5 Å². The van der Waals surface area contributed by atoms with Crippen molar-refractivity contribution in [1.29, 1.82) is 0 Å². The Morgan fingerprint density at radius 2 is 1.81 bits per heavy atom. The first-order valence-corrected chi connectivity index (χ1v) is 6.45. The van der Waals surface area contributed by atoms with Crippen LogP contribution >= 0.6 is 0 Å². The van der Waals surface area contributed by atoms with Gasteiger partial charge in [-0.15, -0.1) is 0 Å². The van der Waals surface area contributed by atoms with Gasteiger partial charge in [0.05, 0.1) is 0 Å². The first kappa shape index (κ1) is 11.6. The average Bonchev–Trinajstić information content (AvgIpc) is 2.82. The Hall–Kier alpha value is -0.830. The number of amides is 1. The van der Waals surface area contributed by atoms with E-state index in [1.807, 2.05) is 0 Å². The van der Waals surface area contributed by atoms with Crippen LogP contribution in [0.25, 0.3) is 0 Å². The van der Waals surface area contributed by atoms with Gasteiger partial charge in [0.1, 0.15) is 0 Å². The van der Waals surface area contributed by atoms with Crippen LogP contribution in [0, 0.1) is 11.8 Å². The highest BCUT2D eigenvalue weighted by Crippen LogP contribution is 2.28. The van der Waals surface area contributed by atoms with Crippen molar-refractivity contribution in [2.45, 2.75) is 44.6 Å². The third-order valence-corrected chi connectivity index (χ3v) is 3.91. The number of hydrogen-bond acceptors (Lipinski definition) is 2. The molecular formula is C13H22N2O. The molecule has 1 fully saturated rings. The molecule has 1 saturated carbocycles. The third-order valence-electron chi connectivity index (χ3n) is 3.91. The van der Waals surface area contributed by atoms with Gasteiger partial charge in [-0.05, 0) is 51.0 Å².